The van der Waals surface area contributed by atoms with Crippen molar-refractivity contribution in [3.63, 3.8) is 0 Å². The van der Waals surface area contributed by atoms with Gasteiger partial charge in [-0.2, -0.15) is 0 Å². The molecule has 18 heavy (non-hydrogen) atoms. The fourth-order valence-electron chi connectivity index (χ4n) is 1.44. The van der Waals surface area contributed by atoms with Gasteiger partial charge in [0.2, 0.25) is 10.0 Å². The Morgan fingerprint density at radius 1 is 1.33 bits per heavy atom. The van der Waals surface area contributed by atoms with Crippen LogP contribution in [0.1, 0.15) is 11.5 Å². The standard InChI is InChI=1S/C11H12N2O4S/c1-8-4-5-9(17-8)7-13-18(15,16)10-3-2-6-12-11(10)14/h2-6,13H,7H2,1H3,(H,12,14). The Morgan fingerprint density at radius 3 is 2.72 bits per heavy atom. The molecule has 0 aliphatic carbocycles. The predicted molar refractivity (Wildman–Crippen MR) is 64.5 cm³/mol. The highest BCUT2D eigenvalue weighted by molar-refractivity contribution is 7.89. The molecular formula is C11H12N2O4S. The van der Waals surface area contributed by atoms with E-state index < -0.39 is 15.6 Å². The smallest absolute Gasteiger partial charge is 0.268 e. The van der Waals surface area contributed by atoms with Gasteiger partial charge in [-0.05, 0) is 31.2 Å². The molecule has 2 rings (SSSR count). The summed E-state index contributed by atoms with van der Waals surface area (Å²) in [5, 5.41) is 0. The lowest BCUT2D eigenvalue weighted by Gasteiger charge is -2.03. The molecule has 0 spiro atoms. The fraction of sp³-hybridized carbons (Fsp3) is 0.182. The van der Waals surface area contributed by atoms with E-state index in [0.29, 0.717) is 11.5 Å². The highest BCUT2D eigenvalue weighted by Gasteiger charge is 2.17. The van der Waals surface area contributed by atoms with Crippen molar-refractivity contribution in [2.24, 2.45) is 0 Å². The van der Waals surface area contributed by atoms with Crippen LogP contribution >= 0.6 is 0 Å². The molecule has 0 aliphatic rings. The zero-order valence-corrected chi connectivity index (χ0v) is 10.5. The van der Waals surface area contributed by atoms with Crippen molar-refractivity contribution in [1.82, 2.24) is 9.71 Å². The molecule has 0 fully saturated rings. The maximum Gasteiger partial charge on any atom is 0.268 e. The number of sulfonamides is 1. The van der Waals surface area contributed by atoms with Crippen molar-refractivity contribution in [3.8, 4) is 0 Å². The molecule has 0 radical (unpaired) electrons. The number of rotatable bonds is 4. The number of aromatic amines is 1. The number of hydrogen-bond acceptors (Lipinski definition) is 4. The average molecular weight is 268 g/mol. The normalized spacial score (nSPS) is 11.6. The van der Waals surface area contributed by atoms with Crippen molar-refractivity contribution < 1.29 is 12.8 Å². The third-order valence-corrected chi connectivity index (χ3v) is 3.73. The van der Waals surface area contributed by atoms with Gasteiger partial charge in [-0.15, -0.1) is 0 Å². The van der Waals surface area contributed by atoms with E-state index >= 15 is 0 Å². The summed E-state index contributed by atoms with van der Waals surface area (Å²) in [7, 11) is -3.83. The first kappa shape index (κ1) is 12.6. The van der Waals surface area contributed by atoms with Crippen molar-refractivity contribution in [1.29, 1.82) is 0 Å². The molecule has 0 saturated carbocycles. The predicted octanol–water partition coefficient (Wildman–Crippen LogP) is 0.755. The molecule has 0 amide bonds. The van der Waals surface area contributed by atoms with Gasteiger partial charge in [0.15, 0.2) is 0 Å². The molecule has 0 aliphatic heterocycles. The van der Waals surface area contributed by atoms with Crippen LogP contribution in [0, 0.1) is 6.92 Å². The van der Waals surface area contributed by atoms with Crippen LogP contribution in [0.25, 0.3) is 0 Å². The molecule has 6 nitrogen and oxygen atoms in total. The second-order valence-electron chi connectivity index (χ2n) is 3.70. The summed E-state index contributed by atoms with van der Waals surface area (Å²) in [4.78, 5) is 13.4. The molecule has 2 aromatic rings. The lowest BCUT2D eigenvalue weighted by molar-refractivity contribution is 0.475. The van der Waals surface area contributed by atoms with Crippen LogP contribution in [-0.2, 0) is 16.6 Å². The zero-order chi connectivity index (χ0) is 13.2. The van der Waals surface area contributed by atoms with E-state index in [0.717, 1.165) is 0 Å². The minimum Gasteiger partial charge on any atom is -0.465 e. The molecule has 0 unspecified atom stereocenters. The van der Waals surface area contributed by atoms with E-state index in [1.807, 2.05) is 0 Å². The van der Waals surface area contributed by atoms with Gasteiger partial charge in [-0.25, -0.2) is 13.1 Å². The van der Waals surface area contributed by atoms with Crippen LogP contribution in [0.3, 0.4) is 0 Å². The van der Waals surface area contributed by atoms with E-state index in [4.69, 9.17) is 4.42 Å². The molecule has 0 aromatic carbocycles. The Bertz CT molecular complexity index is 700. The SMILES string of the molecule is Cc1ccc(CNS(=O)(=O)c2ccc[nH]c2=O)o1. The summed E-state index contributed by atoms with van der Waals surface area (Å²) in [5.41, 5.74) is -0.652. The van der Waals surface area contributed by atoms with Gasteiger partial charge >= 0.3 is 0 Å². The van der Waals surface area contributed by atoms with Crippen molar-refractivity contribution in [3.05, 3.63) is 52.3 Å². The molecule has 0 bridgehead atoms. The van der Waals surface area contributed by atoms with Crippen molar-refractivity contribution in [2.75, 3.05) is 0 Å². The fourth-order valence-corrected chi connectivity index (χ4v) is 2.49. The van der Waals surface area contributed by atoms with Gasteiger partial charge < -0.3 is 9.40 Å². The quantitative estimate of drug-likeness (QED) is 0.856. The summed E-state index contributed by atoms with van der Waals surface area (Å²) in [5.74, 6) is 1.19. The van der Waals surface area contributed by atoms with Gasteiger partial charge in [0.25, 0.3) is 5.56 Å². The largest absolute Gasteiger partial charge is 0.465 e. The monoisotopic (exact) mass is 268 g/mol. The van der Waals surface area contributed by atoms with Crippen LogP contribution < -0.4 is 10.3 Å². The second-order valence-corrected chi connectivity index (χ2v) is 5.44. The Morgan fingerprint density at radius 2 is 2.11 bits per heavy atom. The van der Waals surface area contributed by atoms with E-state index in [2.05, 4.69) is 9.71 Å². The third-order valence-electron chi connectivity index (χ3n) is 2.30. The number of nitrogens with one attached hydrogen (secondary N) is 2. The molecule has 7 heteroatoms. The summed E-state index contributed by atoms with van der Waals surface area (Å²) < 4.78 is 31.3. The van der Waals surface area contributed by atoms with Gasteiger partial charge in [-0.3, -0.25) is 4.79 Å². The average Bonchev–Trinajstić information content (AvgIpc) is 2.73. The molecule has 2 aromatic heterocycles. The lowest BCUT2D eigenvalue weighted by Crippen LogP contribution is -2.28. The third kappa shape index (κ3) is 2.69. The van der Waals surface area contributed by atoms with Crippen LogP contribution in [0.15, 0.2) is 44.6 Å². The Balaban J connectivity index is 2.18. The highest BCUT2D eigenvalue weighted by atomic mass is 32.2. The molecule has 96 valence electrons. The summed E-state index contributed by atoms with van der Waals surface area (Å²) in [6, 6.07) is 6.10. The van der Waals surface area contributed by atoms with E-state index in [-0.39, 0.29) is 11.4 Å². The van der Waals surface area contributed by atoms with Crippen LogP contribution in [0.5, 0.6) is 0 Å². The number of pyridine rings is 1. The second kappa shape index (κ2) is 4.79. The van der Waals surface area contributed by atoms with E-state index in [1.165, 1.54) is 18.3 Å². The lowest BCUT2D eigenvalue weighted by atomic mass is 10.4. The van der Waals surface area contributed by atoms with Gasteiger partial charge in [-0.1, -0.05) is 0 Å². The molecule has 0 saturated heterocycles. The Labute approximate surface area is 104 Å². The maximum atomic E-state index is 11.9. The maximum absolute atomic E-state index is 11.9. The number of hydrogen-bond donors (Lipinski definition) is 2. The Kier molecular flexibility index (Phi) is 3.35. The van der Waals surface area contributed by atoms with E-state index in [9.17, 15) is 13.2 Å². The molecule has 0 atom stereocenters. The Hall–Kier alpha value is -1.86. The first-order valence-electron chi connectivity index (χ1n) is 5.22. The van der Waals surface area contributed by atoms with Gasteiger partial charge in [0.05, 0.1) is 6.54 Å². The highest BCUT2D eigenvalue weighted by Crippen LogP contribution is 2.07. The topological polar surface area (TPSA) is 92.2 Å². The van der Waals surface area contributed by atoms with Gasteiger partial charge in [0, 0.05) is 6.20 Å². The molecule has 2 heterocycles. The van der Waals surface area contributed by atoms with Crippen molar-refractivity contribution >= 4 is 10.0 Å². The van der Waals surface area contributed by atoms with Crippen LogP contribution in [-0.4, -0.2) is 13.4 Å². The first-order valence-corrected chi connectivity index (χ1v) is 6.70. The van der Waals surface area contributed by atoms with Crippen LogP contribution in [0.4, 0.5) is 0 Å². The van der Waals surface area contributed by atoms with Gasteiger partial charge in [0.1, 0.15) is 16.4 Å². The first-order chi connectivity index (χ1) is 8.49. The minimum absolute atomic E-state index is 0.00447. The summed E-state index contributed by atoms with van der Waals surface area (Å²) >= 11 is 0. The summed E-state index contributed by atoms with van der Waals surface area (Å²) in [6.45, 7) is 1.77. The zero-order valence-electron chi connectivity index (χ0n) is 9.64. The molecule has 2 N–H and O–H groups in total. The number of aryl methyl sites for hydroxylation is 1. The van der Waals surface area contributed by atoms with E-state index in [1.54, 1.807) is 19.1 Å². The molecular weight excluding hydrogens is 256 g/mol. The number of aromatic nitrogens is 1. The number of furan rings is 1. The minimum atomic E-state index is -3.83. The van der Waals surface area contributed by atoms with Crippen molar-refractivity contribution in [2.45, 2.75) is 18.4 Å². The van der Waals surface area contributed by atoms with Crippen LogP contribution in [0.2, 0.25) is 0 Å². The number of H-pyrrole nitrogens is 1. The summed E-state index contributed by atoms with van der Waals surface area (Å²) in [6.07, 6.45) is 1.37.